The Balaban J connectivity index is 2.74. The molecule has 0 bridgehead atoms. The zero-order valence-electron chi connectivity index (χ0n) is 10.4. The molecule has 0 saturated carbocycles. The Kier molecular flexibility index (Phi) is 5.44. The average molecular weight is 257 g/mol. The summed E-state index contributed by atoms with van der Waals surface area (Å²) >= 11 is 1.42. The van der Waals surface area contributed by atoms with E-state index in [2.05, 4.69) is 5.32 Å². The highest BCUT2D eigenvalue weighted by Crippen LogP contribution is 2.28. The van der Waals surface area contributed by atoms with Crippen molar-refractivity contribution in [2.45, 2.75) is 32.7 Å². The zero-order chi connectivity index (χ0) is 12.8. The molecule has 1 amide bonds. The third-order valence-corrected chi connectivity index (χ3v) is 3.58. The van der Waals surface area contributed by atoms with E-state index in [0.717, 1.165) is 11.3 Å². The van der Waals surface area contributed by atoms with Crippen LogP contribution < -0.4 is 10.1 Å². The van der Waals surface area contributed by atoms with Gasteiger partial charge in [0.2, 0.25) is 0 Å². The molecule has 96 valence electrons. The maximum Gasteiger partial charge on any atom is 0.265 e. The molecule has 1 atom stereocenters. The van der Waals surface area contributed by atoms with Gasteiger partial charge in [0, 0.05) is 17.5 Å². The van der Waals surface area contributed by atoms with Crippen molar-refractivity contribution in [3.63, 3.8) is 0 Å². The third kappa shape index (κ3) is 3.71. The number of thiophene rings is 1. The zero-order valence-corrected chi connectivity index (χ0v) is 11.3. The lowest BCUT2D eigenvalue weighted by molar-refractivity contribution is 0.0930. The predicted octanol–water partition coefficient (Wildman–Crippen LogP) is 1.96. The number of aliphatic hydroxyl groups excluding tert-OH is 1. The quantitative estimate of drug-likeness (QED) is 0.819. The van der Waals surface area contributed by atoms with Crippen LogP contribution in [0.5, 0.6) is 5.75 Å². The van der Waals surface area contributed by atoms with Crippen molar-refractivity contribution in [2.24, 2.45) is 0 Å². The summed E-state index contributed by atoms with van der Waals surface area (Å²) in [6, 6.07) is 1.87. The van der Waals surface area contributed by atoms with Gasteiger partial charge in [-0.05, 0) is 25.8 Å². The summed E-state index contributed by atoms with van der Waals surface area (Å²) in [5.74, 6) is 0.490. The fourth-order valence-corrected chi connectivity index (χ4v) is 2.47. The van der Waals surface area contributed by atoms with E-state index in [-0.39, 0.29) is 18.6 Å². The van der Waals surface area contributed by atoms with Crippen LogP contribution in [-0.4, -0.2) is 30.8 Å². The first-order valence-electron chi connectivity index (χ1n) is 5.68. The van der Waals surface area contributed by atoms with Crippen LogP contribution in [0.4, 0.5) is 0 Å². The van der Waals surface area contributed by atoms with Gasteiger partial charge in [0.25, 0.3) is 5.91 Å². The Morgan fingerprint density at radius 2 is 2.35 bits per heavy atom. The smallest absolute Gasteiger partial charge is 0.265 e. The van der Waals surface area contributed by atoms with Crippen molar-refractivity contribution >= 4 is 17.2 Å². The molecule has 0 fully saturated rings. The molecule has 0 aliphatic carbocycles. The molecule has 0 saturated heterocycles. The summed E-state index contributed by atoms with van der Waals surface area (Å²) in [4.78, 5) is 13.7. The highest BCUT2D eigenvalue weighted by atomic mass is 32.1. The topological polar surface area (TPSA) is 58.6 Å². The Hall–Kier alpha value is -1.07. The first-order valence-corrected chi connectivity index (χ1v) is 6.50. The largest absolute Gasteiger partial charge is 0.495 e. The minimum absolute atomic E-state index is 0.0135. The van der Waals surface area contributed by atoms with Crippen LogP contribution in [0.15, 0.2) is 6.07 Å². The summed E-state index contributed by atoms with van der Waals surface area (Å²) in [6.45, 7) is 4.01. The van der Waals surface area contributed by atoms with Crippen molar-refractivity contribution in [3.8, 4) is 5.75 Å². The molecular formula is C12H19NO3S. The summed E-state index contributed by atoms with van der Waals surface area (Å²) in [5, 5.41) is 11.8. The van der Waals surface area contributed by atoms with Gasteiger partial charge in [-0.15, -0.1) is 11.3 Å². The van der Waals surface area contributed by atoms with Crippen LogP contribution in [0, 0.1) is 6.92 Å². The van der Waals surface area contributed by atoms with E-state index >= 15 is 0 Å². The molecule has 2 N–H and O–H groups in total. The number of carbonyl (C=O) groups excluding carboxylic acids is 1. The van der Waals surface area contributed by atoms with Crippen molar-refractivity contribution in [3.05, 3.63) is 15.8 Å². The van der Waals surface area contributed by atoms with Crippen molar-refractivity contribution in [1.29, 1.82) is 0 Å². The van der Waals surface area contributed by atoms with E-state index in [1.54, 1.807) is 7.11 Å². The number of methoxy groups -OCH3 is 1. The minimum Gasteiger partial charge on any atom is -0.495 e. The lowest BCUT2D eigenvalue weighted by atomic mass is 10.1. The van der Waals surface area contributed by atoms with Crippen molar-refractivity contribution < 1.29 is 14.6 Å². The van der Waals surface area contributed by atoms with Crippen LogP contribution in [0.1, 0.15) is 34.3 Å². The molecule has 0 aliphatic rings. The Labute approximate surface area is 106 Å². The van der Waals surface area contributed by atoms with E-state index in [1.165, 1.54) is 11.3 Å². The summed E-state index contributed by atoms with van der Waals surface area (Å²) < 4.78 is 5.16. The molecule has 0 aliphatic heterocycles. The highest BCUT2D eigenvalue weighted by Gasteiger charge is 2.18. The number of aryl methyl sites for hydroxylation is 1. The third-order valence-electron chi connectivity index (χ3n) is 2.55. The maximum absolute atomic E-state index is 12.0. The fourth-order valence-electron chi connectivity index (χ4n) is 1.59. The number of aliphatic hydroxyl groups is 1. The number of hydrogen-bond acceptors (Lipinski definition) is 4. The Morgan fingerprint density at radius 3 is 2.88 bits per heavy atom. The molecule has 1 rings (SSSR count). The second kappa shape index (κ2) is 6.61. The normalized spacial score (nSPS) is 12.2. The first kappa shape index (κ1) is 14.0. The molecule has 1 heterocycles. The van der Waals surface area contributed by atoms with Gasteiger partial charge < -0.3 is 15.2 Å². The summed E-state index contributed by atoms with van der Waals surface area (Å²) in [6.07, 6.45) is 1.38. The van der Waals surface area contributed by atoms with Gasteiger partial charge in [-0.2, -0.15) is 0 Å². The molecule has 1 aromatic heterocycles. The van der Waals surface area contributed by atoms with Crippen LogP contribution >= 0.6 is 11.3 Å². The van der Waals surface area contributed by atoms with Gasteiger partial charge in [-0.1, -0.05) is 6.92 Å². The second-order valence-corrected chi connectivity index (χ2v) is 5.10. The van der Waals surface area contributed by atoms with Crippen molar-refractivity contribution in [2.75, 3.05) is 13.7 Å². The van der Waals surface area contributed by atoms with Gasteiger partial charge in [-0.3, -0.25) is 4.79 Å². The highest BCUT2D eigenvalue weighted by molar-refractivity contribution is 7.14. The average Bonchev–Trinajstić information content (AvgIpc) is 2.69. The second-order valence-electron chi connectivity index (χ2n) is 3.85. The SMILES string of the molecule is CCC(CCO)NC(=O)c1sc(C)cc1OC. The number of amides is 1. The Bertz CT molecular complexity index is 376. The molecule has 17 heavy (non-hydrogen) atoms. The molecule has 1 aromatic rings. The molecular weight excluding hydrogens is 238 g/mol. The van der Waals surface area contributed by atoms with Gasteiger partial charge in [-0.25, -0.2) is 0 Å². The number of rotatable bonds is 6. The van der Waals surface area contributed by atoms with Crippen LogP contribution in [0.25, 0.3) is 0 Å². The molecule has 5 heteroatoms. The van der Waals surface area contributed by atoms with E-state index in [0.29, 0.717) is 17.0 Å². The van der Waals surface area contributed by atoms with Crippen LogP contribution in [0.2, 0.25) is 0 Å². The van der Waals surface area contributed by atoms with Crippen molar-refractivity contribution in [1.82, 2.24) is 5.32 Å². The van der Waals surface area contributed by atoms with Gasteiger partial charge in [0.1, 0.15) is 10.6 Å². The lowest BCUT2D eigenvalue weighted by Crippen LogP contribution is -2.34. The molecule has 4 nitrogen and oxygen atoms in total. The number of carbonyl (C=O) groups is 1. The Morgan fingerprint density at radius 1 is 1.65 bits per heavy atom. The summed E-state index contributed by atoms with van der Waals surface area (Å²) in [7, 11) is 1.56. The van der Waals surface area contributed by atoms with E-state index in [9.17, 15) is 4.79 Å². The fraction of sp³-hybridized carbons (Fsp3) is 0.583. The van der Waals surface area contributed by atoms with Crippen LogP contribution in [0.3, 0.4) is 0 Å². The molecule has 0 aromatic carbocycles. The van der Waals surface area contributed by atoms with E-state index in [4.69, 9.17) is 9.84 Å². The van der Waals surface area contributed by atoms with Crippen LogP contribution in [-0.2, 0) is 0 Å². The van der Waals surface area contributed by atoms with Gasteiger partial charge in [0.05, 0.1) is 7.11 Å². The summed E-state index contributed by atoms with van der Waals surface area (Å²) in [5.41, 5.74) is 0. The monoisotopic (exact) mass is 257 g/mol. The number of ether oxygens (including phenoxy) is 1. The first-order chi connectivity index (χ1) is 8.12. The van der Waals surface area contributed by atoms with E-state index < -0.39 is 0 Å². The van der Waals surface area contributed by atoms with Gasteiger partial charge in [0.15, 0.2) is 0 Å². The number of hydrogen-bond donors (Lipinski definition) is 2. The standard InChI is InChI=1S/C12H19NO3S/c1-4-9(5-6-14)13-12(15)11-10(16-3)7-8(2)17-11/h7,9,14H,4-6H2,1-3H3,(H,13,15). The predicted molar refractivity (Wildman–Crippen MR) is 68.9 cm³/mol. The van der Waals surface area contributed by atoms with E-state index in [1.807, 2.05) is 19.9 Å². The molecule has 0 spiro atoms. The minimum atomic E-state index is -0.125. The molecule has 1 unspecified atom stereocenters. The molecule has 0 radical (unpaired) electrons. The lowest BCUT2D eigenvalue weighted by Gasteiger charge is -2.15. The number of nitrogens with one attached hydrogen (secondary N) is 1. The van der Waals surface area contributed by atoms with Gasteiger partial charge >= 0.3 is 0 Å². The maximum atomic E-state index is 12.0.